The Labute approximate surface area is 131 Å². The Kier molecular flexibility index (Phi) is 4.43. The molecule has 5 nitrogen and oxygen atoms in total. The van der Waals surface area contributed by atoms with Gasteiger partial charge in [0.15, 0.2) is 0 Å². The lowest BCUT2D eigenvalue weighted by Gasteiger charge is -2.28. The SMILES string of the molecule is CN(CC1(O)CCCC1)C(=O)c1ccnc(C2CCCC2)n1. The third-order valence-corrected chi connectivity index (χ3v) is 5.03. The molecule has 1 amide bonds. The number of hydrogen-bond acceptors (Lipinski definition) is 4. The first-order valence-corrected chi connectivity index (χ1v) is 8.38. The first-order chi connectivity index (χ1) is 10.6. The molecule has 2 aliphatic rings. The van der Waals surface area contributed by atoms with Gasteiger partial charge in [-0.2, -0.15) is 0 Å². The van der Waals surface area contributed by atoms with Gasteiger partial charge in [0.05, 0.1) is 5.60 Å². The van der Waals surface area contributed by atoms with E-state index < -0.39 is 5.60 Å². The van der Waals surface area contributed by atoms with Gasteiger partial charge < -0.3 is 10.0 Å². The average Bonchev–Trinajstić information content (AvgIpc) is 3.18. The van der Waals surface area contributed by atoms with Gasteiger partial charge in [-0.3, -0.25) is 4.79 Å². The van der Waals surface area contributed by atoms with E-state index >= 15 is 0 Å². The van der Waals surface area contributed by atoms with Gasteiger partial charge >= 0.3 is 0 Å². The molecule has 0 atom stereocenters. The Bertz CT molecular complexity index is 534. The van der Waals surface area contributed by atoms with Crippen LogP contribution in [0, 0.1) is 0 Å². The summed E-state index contributed by atoms with van der Waals surface area (Å²) < 4.78 is 0. The van der Waals surface area contributed by atoms with Crippen LogP contribution in [0.25, 0.3) is 0 Å². The van der Waals surface area contributed by atoms with Crippen LogP contribution in [0.4, 0.5) is 0 Å². The fourth-order valence-corrected chi connectivity index (χ4v) is 3.77. The minimum Gasteiger partial charge on any atom is -0.388 e. The summed E-state index contributed by atoms with van der Waals surface area (Å²) in [7, 11) is 1.75. The molecule has 0 saturated heterocycles. The smallest absolute Gasteiger partial charge is 0.272 e. The highest BCUT2D eigenvalue weighted by molar-refractivity contribution is 5.92. The predicted octanol–water partition coefficient (Wildman–Crippen LogP) is 2.51. The molecule has 1 heterocycles. The van der Waals surface area contributed by atoms with E-state index in [-0.39, 0.29) is 5.91 Å². The largest absolute Gasteiger partial charge is 0.388 e. The third-order valence-electron chi connectivity index (χ3n) is 5.03. The van der Waals surface area contributed by atoms with Crippen molar-refractivity contribution in [3.63, 3.8) is 0 Å². The van der Waals surface area contributed by atoms with Crippen molar-refractivity contribution in [1.29, 1.82) is 0 Å². The lowest BCUT2D eigenvalue weighted by Crippen LogP contribution is -2.42. The summed E-state index contributed by atoms with van der Waals surface area (Å²) in [4.78, 5) is 23.0. The van der Waals surface area contributed by atoms with Crippen LogP contribution in [-0.4, -0.2) is 45.1 Å². The zero-order valence-electron chi connectivity index (χ0n) is 13.3. The molecule has 1 N–H and O–H groups in total. The molecule has 0 spiro atoms. The van der Waals surface area contributed by atoms with Crippen LogP contribution in [0.5, 0.6) is 0 Å². The van der Waals surface area contributed by atoms with Crippen molar-refractivity contribution in [2.24, 2.45) is 0 Å². The molecule has 5 heteroatoms. The number of nitrogens with zero attached hydrogens (tertiary/aromatic N) is 3. The second kappa shape index (κ2) is 6.32. The Morgan fingerprint density at radius 2 is 2.00 bits per heavy atom. The molecule has 2 fully saturated rings. The zero-order valence-corrected chi connectivity index (χ0v) is 13.3. The summed E-state index contributed by atoms with van der Waals surface area (Å²) in [6.07, 6.45) is 10.0. The van der Waals surface area contributed by atoms with Crippen molar-refractivity contribution < 1.29 is 9.90 Å². The number of aromatic nitrogens is 2. The van der Waals surface area contributed by atoms with Gasteiger partial charge in [0.25, 0.3) is 5.91 Å². The van der Waals surface area contributed by atoms with E-state index in [9.17, 15) is 9.90 Å². The Hall–Kier alpha value is -1.49. The molecular formula is C17H25N3O2. The fraction of sp³-hybridized carbons (Fsp3) is 0.706. The summed E-state index contributed by atoms with van der Waals surface area (Å²) in [6, 6.07) is 1.68. The first kappa shape index (κ1) is 15.4. The number of hydrogen-bond donors (Lipinski definition) is 1. The summed E-state index contributed by atoms with van der Waals surface area (Å²) in [5.74, 6) is 1.08. The Morgan fingerprint density at radius 3 is 2.68 bits per heavy atom. The quantitative estimate of drug-likeness (QED) is 0.928. The Balaban J connectivity index is 1.69. The molecule has 0 aromatic carbocycles. The van der Waals surface area contributed by atoms with Gasteiger partial charge in [0, 0.05) is 25.7 Å². The van der Waals surface area contributed by atoms with Gasteiger partial charge in [-0.05, 0) is 31.7 Å². The van der Waals surface area contributed by atoms with Crippen LogP contribution >= 0.6 is 0 Å². The van der Waals surface area contributed by atoms with Crippen LogP contribution in [0.1, 0.15) is 73.6 Å². The topological polar surface area (TPSA) is 66.3 Å². The third kappa shape index (κ3) is 3.29. The van der Waals surface area contributed by atoms with E-state index in [1.54, 1.807) is 24.2 Å². The average molecular weight is 303 g/mol. The molecule has 2 aliphatic carbocycles. The van der Waals surface area contributed by atoms with Crippen LogP contribution in [0.2, 0.25) is 0 Å². The number of amides is 1. The minimum absolute atomic E-state index is 0.123. The number of likely N-dealkylation sites (N-methyl/N-ethyl adjacent to an activating group) is 1. The van der Waals surface area contributed by atoms with Crippen molar-refractivity contribution in [1.82, 2.24) is 14.9 Å². The highest BCUT2D eigenvalue weighted by atomic mass is 16.3. The number of rotatable bonds is 4. The standard InChI is InChI=1S/C17H25N3O2/c1-20(12-17(22)9-4-5-10-17)16(21)14-8-11-18-15(19-14)13-6-2-3-7-13/h8,11,13,22H,2-7,9-10,12H2,1H3. The summed E-state index contributed by atoms with van der Waals surface area (Å²) in [6.45, 7) is 0.384. The second-order valence-electron chi connectivity index (χ2n) is 6.87. The first-order valence-electron chi connectivity index (χ1n) is 8.38. The zero-order chi connectivity index (χ0) is 15.6. The van der Waals surface area contributed by atoms with Gasteiger partial charge in [-0.25, -0.2) is 9.97 Å². The highest BCUT2D eigenvalue weighted by Crippen LogP contribution is 2.32. The van der Waals surface area contributed by atoms with Crippen molar-refractivity contribution in [2.45, 2.75) is 62.9 Å². The van der Waals surface area contributed by atoms with Crippen molar-refractivity contribution in [3.05, 3.63) is 23.8 Å². The summed E-state index contributed by atoms with van der Waals surface area (Å²) >= 11 is 0. The van der Waals surface area contributed by atoms with E-state index in [1.807, 2.05) is 0 Å². The van der Waals surface area contributed by atoms with E-state index in [4.69, 9.17) is 0 Å². The predicted molar refractivity (Wildman–Crippen MR) is 83.6 cm³/mol. The molecule has 120 valence electrons. The Morgan fingerprint density at radius 1 is 1.32 bits per heavy atom. The molecule has 0 bridgehead atoms. The van der Waals surface area contributed by atoms with Gasteiger partial charge in [-0.1, -0.05) is 25.7 Å². The molecule has 0 aliphatic heterocycles. The van der Waals surface area contributed by atoms with Crippen LogP contribution in [0.15, 0.2) is 12.3 Å². The van der Waals surface area contributed by atoms with Crippen molar-refractivity contribution >= 4 is 5.91 Å². The molecule has 3 rings (SSSR count). The summed E-state index contributed by atoms with van der Waals surface area (Å²) in [5, 5.41) is 10.5. The van der Waals surface area contributed by atoms with E-state index in [1.165, 1.54) is 12.8 Å². The number of carbonyl (C=O) groups excluding carboxylic acids is 1. The summed E-state index contributed by atoms with van der Waals surface area (Å²) in [5.41, 5.74) is -0.271. The monoisotopic (exact) mass is 303 g/mol. The van der Waals surface area contributed by atoms with E-state index in [0.717, 1.165) is 44.3 Å². The maximum atomic E-state index is 12.6. The maximum Gasteiger partial charge on any atom is 0.272 e. The number of aliphatic hydroxyl groups is 1. The molecule has 2 saturated carbocycles. The van der Waals surface area contributed by atoms with Crippen LogP contribution in [-0.2, 0) is 0 Å². The molecule has 0 radical (unpaired) electrons. The van der Waals surface area contributed by atoms with Gasteiger partial charge in [0.2, 0.25) is 0 Å². The van der Waals surface area contributed by atoms with E-state index in [0.29, 0.717) is 18.2 Å². The molecular weight excluding hydrogens is 278 g/mol. The van der Waals surface area contributed by atoms with Gasteiger partial charge in [0.1, 0.15) is 11.5 Å². The molecule has 1 aromatic heterocycles. The lowest BCUT2D eigenvalue weighted by molar-refractivity contribution is 0.0154. The van der Waals surface area contributed by atoms with Crippen molar-refractivity contribution in [2.75, 3.05) is 13.6 Å². The number of carbonyl (C=O) groups is 1. The van der Waals surface area contributed by atoms with E-state index in [2.05, 4.69) is 9.97 Å². The highest BCUT2D eigenvalue weighted by Gasteiger charge is 2.34. The fourth-order valence-electron chi connectivity index (χ4n) is 3.77. The normalized spacial score (nSPS) is 21.2. The van der Waals surface area contributed by atoms with Gasteiger partial charge in [-0.15, -0.1) is 0 Å². The molecule has 22 heavy (non-hydrogen) atoms. The van der Waals surface area contributed by atoms with Crippen LogP contribution in [0.3, 0.4) is 0 Å². The minimum atomic E-state index is -0.717. The lowest BCUT2D eigenvalue weighted by atomic mass is 10.0. The van der Waals surface area contributed by atoms with Crippen molar-refractivity contribution in [3.8, 4) is 0 Å². The molecule has 1 aromatic rings. The molecule has 0 unspecified atom stereocenters. The maximum absolute atomic E-state index is 12.6. The van der Waals surface area contributed by atoms with Crippen LogP contribution < -0.4 is 0 Å². The second-order valence-corrected chi connectivity index (χ2v) is 6.87.